The number of nitrogens with two attached hydrogens (primary N) is 1. The predicted molar refractivity (Wildman–Crippen MR) is 134 cm³/mol. The first kappa shape index (κ1) is 23.0. The van der Waals surface area contributed by atoms with Crippen LogP contribution in [0.3, 0.4) is 0 Å². The SMILES string of the molecule is COc1cncc(OC)c1-c1ccc(NC(=O)[C@@H](N)C(c2ccccc2)c2ccccc2)cc1. The van der Waals surface area contributed by atoms with Crippen molar-refractivity contribution in [1.29, 1.82) is 0 Å². The molecule has 34 heavy (non-hydrogen) atoms. The van der Waals surface area contributed by atoms with Gasteiger partial charge < -0.3 is 20.5 Å². The van der Waals surface area contributed by atoms with Crippen molar-refractivity contribution in [2.24, 2.45) is 5.73 Å². The molecule has 6 nitrogen and oxygen atoms in total. The van der Waals surface area contributed by atoms with Crippen LogP contribution < -0.4 is 20.5 Å². The molecular weight excluding hydrogens is 426 g/mol. The summed E-state index contributed by atoms with van der Waals surface area (Å²) in [6, 6.07) is 26.4. The molecule has 0 unspecified atom stereocenters. The van der Waals surface area contributed by atoms with Crippen LogP contribution in [-0.4, -0.2) is 31.2 Å². The number of nitrogens with one attached hydrogen (secondary N) is 1. The second-order valence-electron chi connectivity index (χ2n) is 7.81. The van der Waals surface area contributed by atoms with E-state index in [-0.39, 0.29) is 11.8 Å². The van der Waals surface area contributed by atoms with E-state index in [0.29, 0.717) is 17.2 Å². The summed E-state index contributed by atoms with van der Waals surface area (Å²) in [7, 11) is 3.18. The maximum absolute atomic E-state index is 13.2. The molecule has 0 aliphatic heterocycles. The van der Waals surface area contributed by atoms with Gasteiger partial charge in [-0.15, -0.1) is 0 Å². The lowest BCUT2D eigenvalue weighted by Crippen LogP contribution is -2.41. The summed E-state index contributed by atoms with van der Waals surface area (Å²) < 4.78 is 10.9. The van der Waals surface area contributed by atoms with E-state index in [1.54, 1.807) is 26.6 Å². The van der Waals surface area contributed by atoms with E-state index in [2.05, 4.69) is 10.3 Å². The lowest BCUT2D eigenvalue weighted by Gasteiger charge is -2.24. The molecule has 0 bridgehead atoms. The summed E-state index contributed by atoms with van der Waals surface area (Å²) in [4.78, 5) is 17.3. The number of amides is 1. The maximum Gasteiger partial charge on any atom is 0.242 e. The number of anilines is 1. The fourth-order valence-electron chi connectivity index (χ4n) is 4.04. The average Bonchev–Trinajstić information content (AvgIpc) is 2.90. The fraction of sp³-hybridized carbons (Fsp3) is 0.143. The molecule has 0 saturated heterocycles. The number of ether oxygens (including phenoxy) is 2. The van der Waals surface area contributed by atoms with Gasteiger partial charge in [0.25, 0.3) is 0 Å². The molecular formula is C28H27N3O3. The predicted octanol–water partition coefficient (Wildman–Crippen LogP) is 4.86. The maximum atomic E-state index is 13.2. The number of rotatable bonds is 8. The van der Waals surface area contributed by atoms with Crippen LogP contribution in [0.15, 0.2) is 97.3 Å². The molecule has 0 radical (unpaired) electrons. The van der Waals surface area contributed by atoms with Crippen LogP contribution in [0.25, 0.3) is 11.1 Å². The van der Waals surface area contributed by atoms with E-state index in [4.69, 9.17) is 15.2 Å². The van der Waals surface area contributed by atoms with Crippen molar-refractivity contribution in [2.45, 2.75) is 12.0 Å². The Morgan fingerprint density at radius 1 is 0.794 bits per heavy atom. The van der Waals surface area contributed by atoms with E-state index in [0.717, 1.165) is 22.3 Å². The van der Waals surface area contributed by atoms with Gasteiger partial charge in [0.05, 0.1) is 38.2 Å². The first-order valence-electron chi connectivity index (χ1n) is 10.9. The largest absolute Gasteiger partial charge is 0.494 e. The quantitative estimate of drug-likeness (QED) is 0.398. The Balaban J connectivity index is 1.57. The molecule has 1 heterocycles. The van der Waals surface area contributed by atoms with Crippen LogP contribution in [0.5, 0.6) is 11.5 Å². The van der Waals surface area contributed by atoms with Gasteiger partial charge in [-0.1, -0.05) is 72.8 Å². The zero-order chi connectivity index (χ0) is 23.9. The monoisotopic (exact) mass is 453 g/mol. The van der Waals surface area contributed by atoms with Crippen molar-refractivity contribution < 1.29 is 14.3 Å². The van der Waals surface area contributed by atoms with E-state index in [1.807, 2.05) is 84.9 Å². The van der Waals surface area contributed by atoms with Crippen molar-refractivity contribution in [3.05, 3.63) is 108 Å². The first-order chi connectivity index (χ1) is 16.6. The van der Waals surface area contributed by atoms with E-state index < -0.39 is 6.04 Å². The minimum absolute atomic E-state index is 0.260. The molecule has 3 aromatic carbocycles. The topological polar surface area (TPSA) is 86.5 Å². The number of carbonyl (C=O) groups is 1. The minimum atomic E-state index is -0.773. The van der Waals surface area contributed by atoms with Crippen LogP contribution >= 0.6 is 0 Å². The molecule has 4 rings (SSSR count). The number of methoxy groups -OCH3 is 2. The minimum Gasteiger partial charge on any atom is -0.494 e. The highest BCUT2D eigenvalue weighted by molar-refractivity contribution is 5.96. The number of benzene rings is 3. The van der Waals surface area contributed by atoms with Crippen molar-refractivity contribution >= 4 is 11.6 Å². The zero-order valence-electron chi connectivity index (χ0n) is 19.1. The number of hydrogen-bond donors (Lipinski definition) is 2. The Hall–Kier alpha value is -4.16. The molecule has 1 aromatic heterocycles. The Bertz CT molecular complexity index is 1170. The van der Waals surface area contributed by atoms with E-state index in [9.17, 15) is 4.79 Å². The van der Waals surface area contributed by atoms with Gasteiger partial charge in [-0.25, -0.2) is 0 Å². The molecule has 0 fully saturated rings. The standard InChI is InChI=1S/C28H27N3O3/c1-33-23-17-30-18-24(34-2)26(23)21-13-15-22(16-14-21)31-28(32)27(29)25(19-9-5-3-6-10-19)20-11-7-4-8-12-20/h3-18,25,27H,29H2,1-2H3,(H,31,32)/t27-/m0/s1. The van der Waals surface area contributed by atoms with Gasteiger partial charge >= 0.3 is 0 Å². The molecule has 1 amide bonds. The number of aromatic nitrogens is 1. The van der Waals surface area contributed by atoms with Crippen LogP contribution in [0.1, 0.15) is 17.0 Å². The summed E-state index contributed by atoms with van der Waals surface area (Å²) in [6.45, 7) is 0. The van der Waals surface area contributed by atoms with Crippen LogP contribution in [0, 0.1) is 0 Å². The average molecular weight is 454 g/mol. The van der Waals surface area contributed by atoms with Gasteiger partial charge in [-0.3, -0.25) is 9.78 Å². The highest BCUT2D eigenvalue weighted by Crippen LogP contribution is 2.37. The Kier molecular flexibility index (Phi) is 7.20. The summed E-state index contributed by atoms with van der Waals surface area (Å²) in [6.07, 6.45) is 3.28. The molecule has 0 aliphatic rings. The number of carbonyl (C=O) groups excluding carboxylic acids is 1. The Labute approximate surface area is 199 Å². The second-order valence-corrected chi connectivity index (χ2v) is 7.81. The summed E-state index contributed by atoms with van der Waals surface area (Å²) in [5.41, 5.74) is 10.8. The third kappa shape index (κ3) is 4.92. The van der Waals surface area contributed by atoms with Gasteiger partial charge in [0.2, 0.25) is 5.91 Å². The fourth-order valence-corrected chi connectivity index (χ4v) is 4.04. The molecule has 0 aliphatic carbocycles. The van der Waals surface area contributed by atoms with Crippen molar-refractivity contribution in [2.75, 3.05) is 19.5 Å². The first-order valence-corrected chi connectivity index (χ1v) is 10.9. The van der Waals surface area contributed by atoms with Gasteiger partial charge in [0, 0.05) is 11.6 Å². The van der Waals surface area contributed by atoms with Crippen molar-refractivity contribution in [1.82, 2.24) is 4.98 Å². The molecule has 6 heteroatoms. The highest BCUT2D eigenvalue weighted by atomic mass is 16.5. The van der Waals surface area contributed by atoms with Crippen LogP contribution in [0.2, 0.25) is 0 Å². The molecule has 1 atom stereocenters. The lowest BCUT2D eigenvalue weighted by molar-refractivity contribution is -0.117. The summed E-state index contributed by atoms with van der Waals surface area (Å²) in [5, 5.41) is 2.96. The van der Waals surface area contributed by atoms with Gasteiger partial charge in [-0.05, 0) is 28.8 Å². The van der Waals surface area contributed by atoms with E-state index in [1.165, 1.54) is 0 Å². The van der Waals surface area contributed by atoms with Gasteiger partial charge in [0.1, 0.15) is 11.5 Å². The second kappa shape index (κ2) is 10.6. The molecule has 3 N–H and O–H groups in total. The van der Waals surface area contributed by atoms with Gasteiger partial charge in [0.15, 0.2) is 0 Å². The Morgan fingerprint density at radius 2 is 1.29 bits per heavy atom. The molecule has 4 aromatic rings. The number of pyridine rings is 1. The molecule has 172 valence electrons. The van der Waals surface area contributed by atoms with Crippen LogP contribution in [0.4, 0.5) is 5.69 Å². The van der Waals surface area contributed by atoms with Gasteiger partial charge in [-0.2, -0.15) is 0 Å². The third-order valence-corrected chi connectivity index (χ3v) is 5.74. The molecule has 0 saturated carbocycles. The van der Waals surface area contributed by atoms with Crippen molar-refractivity contribution in [3.63, 3.8) is 0 Å². The Morgan fingerprint density at radius 3 is 1.76 bits per heavy atom. The normalized spacial score (nSPS) is 11.6. The third-order valence-electron chi connectivity index (χ3n) is 5.74. The number of hydrogen-bond acceptors (Lipinski definition) is 5. The highest BCUT2D eigenvalue weighted by Gasteiger charge is 2.27. The number of nitrogens with zero attached hydrogens (tertiary/aromatic N) is 1. The molecule has 0 spiro atoms. The van der Waals surface area contributed by atoms with Crippen molar-refractivity contribution in [3.8, 4) is 22.6 Å². The zero-order valence-corrected chi connectivity index (χ0v) is 19.1. The lowest BCUT2D eigenvalue weighted by atomic mass is 9.85. The van der Waals surface area contributed by atoms with Crippen LogP contribution in [-0.2, 0) is 4.79 Å². The summed E-state index contributed by atoms with van der Waals surface area (Å²) in [5.74, 6) is 0.676. The smallest absolute Gasteiger partial charge is 0.242 e. The summed E-state index contributed by atoms with van der Waals surface area (Å²) >= 11 is 0. The van der Waals surface area contributed by atoms with E-state index >= 15 is 0 Å².